The van der Waals surface area contributed by atoms with Crippen LogP contribution in [0.15, 0.2) is 48.5 Å². The minimum absolute atomic E-state index is 0.0340. The Morgan fingerprint density at radius 3 is 2.00 bits per heavy atom. The van der Waals surface area contributed by atoms with E-state index >= 15 is 0 Å². The van der Waals surface area contributed by atoms with Crippen molar-refractivity contribution in [3.63, 3.8) is 0 Å². The fraction of sp³-hybridized carbons (Fsp3) is 0.133. The summed E-state index contributed by atoms with van der Waals surface area (Å²) in [6, 6.07) is 12.4. The number of hydrogen-bond acceptors (Lipinski definition) is 4. The lowest BCUT2D eigenvalue weighted by Gasteiger charge is -2.04. The SMILES string of the molecule is CCOc1ccc(C(=O)c2ccc([N+](=O)[O-])cc2)cc1. The quantitative estimate of drug-likeness (QED) is 0.475. The lowest BCUT2D eigenvalue weighted by atomic mass is 10.0. The molecule has 0 N–H and O–H groups in total. The Morgan fingerprint density at radius 2 is 1.55 bits per heavy atom. The fourth-order valence-electron chi connectivity index (χ4n) is 1.77. The zero-order valence-electron chi connectivity index (χ0n) is 10.9. The number of carbonyl (C=O) groups is 1. The summed E-state index contributed by atoms with van der Waals surface area (Å²) in [5.74, 6) is 0.524. The van der Waals surface area contributed by atoms with Crippen LogP contribution in [0.5, 0.6) is 5.75 Å². The molecule has 0 aliphatic heterocycles. The van der Waals surface area contributed by atoms with E-state index in [0.717, 1.165) is 0 Å². The van der Waals surface area contributed by atoms with Gasteiger partial charge in [-0.2, -0.15) is 0 Å². The molecule has 2 aromatic carbocycles. The molecule has 5 heteroatoms. The average molecular weight is 271 g/mol. The number of non-ortho nitro benzene ring substituents is 1. The van der Waals surface area contributed by atoms with E-state index in [-0.39, 0.29) is 11.5 Å². The van der Waals surface area contributed by atoms with E-state index in [4.69, 9.17) is 4.74 Å². The van der Waals surface area contributed by atoms with Gasteiger partial charge >= 0.3 is 0 Å². The zero-order chi connectivity index (χ0) is 14.5. The van der Waals surface area contributed by atoms with Crippen molar-refractivity contribution in [1.82, 2.24) is 0 Å². The molecule has 0 atom stereocenters. The second-order valence-corrected chi connectivity index (χ2v) is 4.09. The van der Waals surface area contributed by atoms with Gasteiger partial charge in [0.25, 0.3) is 5.69 Å². The van der Waals surface area contributed by atoms with Gasteiger partial charge < -0.3 is 4.74 Å². The Hall–Kier alpha value is -2.69. The normalized spacial score (nSPS) is 10.1. The van der Waals surface area contributed by atoms with Crippen LogP contribution in [0.2, 0.25) is 0 Å². The first-order valence-electron chi connectivity index (χ1n) is 6.14. The Balaban J connectivity index is 2.20. The van der Waals surface area contributed by atoms with E-state index in [9.17, 15) is 14.9 Å². The molecule has 5 nitrogen and oxygen atoms in total. The second kappa shape index (κ2) is 5.97. The highest BCUT2D eigenvalue weighted by molar-refractivity contribution is 6.09. The van der Waals surface area contributed by atoms with Gasteiger partial charge in [0.15, 0.2) is 5.78 Å². The predicted octanol–water partition coefficient (Wildman–Crippen LogP) is 3.22. The van der Waals surface area contributed by atoms with Gasteiger partial charge in [0.1, 0.15) is 5.75 Å². The molecule has 0 saturated heterocycles. The number of ketones is 1. The summed E-state index contributed by atoms with van der Waals surface area (Å²) in [7, 11) is 0. The first-order chi connectivity index (χ1) is 9.61. The maximum absolute atomic E-state index is 12.2. The molecule has 0 amide bonds. The van der Waals surface area contributed by atoms with E-state index < -0.39 is 4.92 Å². The van der Waals surface area contributed by atoms with E-state index in [1.54, 1.807) is 24.3 Å². The number of carbonyl (C=O) groups excluding carboxylic acids is 1. The molecule has 0 saturated carbocycles. The van der Waals surface area contributed by atoms with Crippen molar-refractivity contribution in [2.45, 2.75) is 6.92 Å². The Bertz CT molecular complexity index is 617. The van der Waals surface area contributed by atoms with Gasteiger partial charge in [-0.3, -0.25) is 14.9 Å². The number of nitro groups is 1. The summed E-state index contributed by atoms with van der Waals surface area (Å²) in [6.07, 6.45) is 0. The third-order valence-corrected chi connectivity index (χ3v) is 2.77. The third kappa shape index (κ3) is 3.00. The lowest BCUT2D eigenvalue weighted by Crippen LogP contribution is -2.01. The van der Waals surface area contributed by atoms with E-state index in [2.05, 4.69) is 0 Å². The molecule has 0 radical (unpaired) electrons. The molecule has 0 unspecified atom stereocenters. The van der Waals surface area contributed by atoms with Gasteiger partial charge in [-0.25, -0.2) is 0 Å². The fourth-order valence-corrected chi connectivity index (χ4v) is 1.77. The highest BCUT2D eigenvalue weighted by atomic mass is 16.6. The second-order valence-electron chi connectivity index (χ2n) is 4.09. The highest BCUT2D eigenvalue weighted by Crippen LogP contribution is 2.17. The van der Waals surface area contributed by atoms with Crippen molar-refractivity contribution in [3.8, 4) is 5.75 Å². The zero-order valence-corrected chi connectivity index (χ0v) is 10.9. The molecule has 0 bridgehead atoms. The van der Waals surface area contributed by atoms with Gasteiger partial charge in [0, 0.05) is 23.3 Å². The number of rotatable bonds is 5. The van der Waals surface area contributed by atoms with Gasteiger partial charge in [0.2, 0.25) is 0 Å². The van der Waals surface area contributed by atoms with E-state index in [1.165, 1.54) is 24.3 Å². The van der Waals surface area contributed by atoms with Crippen molar-refractivity contribution in [1.29, 1.82) is 0 Å². The maximum atomic E-state index is 12.2. The minimum atomic E-state index is -0.495. The van der Waals surface area contributed by atoms with E-state index in [1.807, 2.05) is 6.92 Å². The number of nitrogens with zero attached hydrogens (tertiary/aromatic N) is 1. The first kappa shape index (κ1) is 13.7. The molecule has 0 heterocycles. The molecule has 0 spiro atoms. The first-order valence-corrected chi connectivity index (χ1v) is 6.14. The van der Waals surface area contributed by atoms with Gasteiger partial charge in [-0.15, -0.1) is 0 Å². The van der Waals surface area contributed by atoms with Gasteiger partial charge in [-0.05, 0) is 43.3 Å². The topological polar surface area (TPSA) is 69.4 Å². The third-order valence-electron chi connectivity index (χ3n) is 2.77. The molecule has 0 aromatic heterocycles. The van der Waals surface area contributed by atoms with Gasteiger partial charge in [0.05, 0.1) is 11.5 Å². The van der Waals surface area contributed by atoms with Gasteiger partial charge in [-0.1, -0.05) is 0 Å². The molecule has 102 valence electrons. The summed E-state index contributed by atoms with van der Waals surface area (Å²) in [4.78, 5) is 22.2. The molecule has 0 aliphatic carbocycles. The standard InChI is InChI=1S/C15H13NO4/c1-2-20-14-9-5-12(6-10-14)15(17)11-3-7-13(8-4-11)16(18)19/h3-10H,2H2,1H3. The summed E-state index contributed by atoms with van der Waals surface area (Å²) in [6.45, 7) is 2.45. The van der Waals surface area contributed by atoms with Crippen LogP contribution in [-0.2, 0) is 0 Å². The lowest BCUT2D eigenvalue weighted by molar-refractivity contribution is -0.384. The van der Waals surface area contributed by atoms with Crippen LogP contribution in [-0.4, -0.2) is 17.3 Å². The number of ether oxygens (including phenoxy) is 1. The molecule has 0 aliphatic rings. The summed E-state index contributed by atoms with van der Waals surface area (Å²) in [5, 5.41) is 10.6. The van der Waals surface area contributed by atoms with Crippen LogP contribution in [0, 0.1) is 10.1 Å². The van der Waals surface area contributed by atoms with Crippen LogP contribution in [0.3, 0.4) is 0 Å². The molecule has 0 fully saturated rings. The molecular formula is C15H13NO4. The van der Waals surface area contributed by atoms with Crippen LogP contribution in [0.25, 0.3) is 0 Å². The maximum Gasteiger partial charge on any atom is 0.269 e. The van der Waals surface area contributed by atoms with Crippen LogP contribution in [0.1, 0.15) is 22.8 Å². The highest BCUT2D eigenvalue weighted by Gasteiger charge is 2.11. The number of hydrogen-bond donors (Lipinski definition) is 0. The largest absolute Gasteiger partial charge is 0.494 e. The van der Waals surface area contributed by atoms with Crippen molar-refractivity contribution in [3.05, 3.63) is 69.8 Å². The van der Waals surface area contributed by atoms with Crippen molar-refractivity contribution in [2.75, 3.05) is 6.61 Å². The Kier molecular flexibility index (Phi) is 4.10. The smallest absolute Gasteiger partial charge is 0.269 e. The average Bonchev–Trinajstić information content (AvgIpc) is 2.48. The van der Waals surface area contributed by atoms with Crippen molar-refractivity contribution in [2.24, 2.45) is 0 Å². The summed E-state index contributed by atoms with van der Waals surface area (Å²) in [5.41, 5.74) is 0.898. The van der Waals surface area contributed by atoms with Crippen molar-refractivity contribution < 1.29 is 14.5 Å². The van der Waals surface area contributed by atoms with Crippen molar-refractivity contribution >= 4 is 11.5 Å². The summed E-state index contributed by atoms with van der Waals surface area (Å²) < 4.78 is 5.30. The number of nitro benzene ring substituents is 1. The van der Waals surface area contributed by atoms with Crippen LogP contribution < -0.4 is 4.74 Å². The van der Waals surface area contributed by atoms with Crippen LogP contribution in [0.4, 0.5) is 5.69 Å². The van der Waals surface area contributed by atoms with Crippen LogP contribution >= 0.6 is 0 Å². The number of benzene rings is 2. The Morgan fingerprint density at radius 1 is 1.05 bits per heavy atom. The molecule has 2 rings (SSSR count). The summed E-state index contributed by atoms with van der Waals surface area (Å²) >= 11 is 0. The molecule has 2 aromatic rings. The molecular weight excluding hydrogens is 258 g/mol. The minimum Gasteiger partial charge on any atom is -0.494 e. The monoisotopic (exact) mass is 271 g/mol. The molecule has 20 heavy (non-hydrogen) atoms. The predicted molar refractivity (Wildman–Crippen MR) is 74.1 cm³/mol. The Labute approximate surface area is 116 Å². The van der Waals surface area contributed by atoms with E-state index in [0.29, 0.717) is 23.5 Å².